The fraction of sp³-hybridized carbons (Fsp3) is 0.118. The van der Waals surface area contributed by atoms with E-state index in [4.69, 9.17) is 13.9 Å². The Bertz CT molecular complexity index is 802. The molecule has 0 unspecified atom stereocenters. The van der Waals surface area contributed by atoms with Gasteiger partial charge in [0.15, 0.2) is 17.3 Å². The van der Waals surface area contributed by atoms with Crippen LogP contribution in [0.3, 0.4) is 0 Å². The van der Waals surface area contributed by atoms with Gasteiger partial charge in [0.25, 0.3) is 0 Å². The number of fused-ring (bicyclic) bond motifs is 2. The van der Waals surface area contributed by atoms with Gasteiger partial charge in [-0.15, -0.1) is 0 Å². The third kappa shape index (κ3) is 1.96. The van der Waals surface area contributed by atoms with E-state index in [1.807, 2.05) is 25.1 Å². The minimum Gasteiger partial charge on any atom is -0.454 e. The monoisotopic (exact) mass is 280 g/mol. The number of rotatable bonds is 2. The molecule has 3 aromatic rings. The second kappa shape index (κ2) is 4.38. The first-order chi connectivity index (χ1) is 10.2. The normalized spacial score (nSPS) is 12.8. The van der Waals surface area contributed by atoms with Crippen molar-refractivity contribution in [3.05, 3.63) is 59.4 Å². The summed E-state index contributed by atoms with van der Waals surface area (Å²) < 4.78 is 16.3. The van der Waals surface area contributed by atoms with Gasteiger partial charge in [-0.2, -0.15) is 0 Å². The van der Waals surface area contributed by atoms with Gasteiger partial charge in [0.2, 0.25) is 12.6 Å². The number of benzene rings is 2. The molecule has 2 aromatic carbocycles. The third-order valence-corrected chi connectivity index (χ3v) is 3.55. The van der Waals surface area contributed by atoms with Crippen molar-refractivity contribution >= 4 is 16.8 Å². The number of furan rings is 1. The molecule has 0 bridgehead atoms. The summed E-state index contributed by atoms with van der Waals surface area (Å²) in [5.41, 5.74) is 2.34. The van der Waals surface area contributed by atoms with Crippen LogP contribution in [-0.4, -0.2) is 12.6 Å². The molecule has 0 atom stereocenters. The van der Waals surface area contributed by atoms with E-state index < -0.39 is 0 Å². The maximum atomic E-state index is 12.4. The Hall–Kier alpha value is -2.75. The number of ether oxygens (including phenoxy) is 2. The largest absolute Gasteiger partial charge is 0.454 e. The number of carbonyl (C=O) groups excluding carboxylic acids is 1. The zero-order valence-corrected chi connectivity index (χ0v) is 11.4. The van der Waals surface area contributed by atoms with Crippen LogP contribution < -0.4 is 9.47 Å². The van der Waals surface area contributed by atoms with Gasteiger partial charge in [-0.05, 0) is 19.1 Å². The van der Waals surface area contributed by atoms with Crippen LogP contribution in [0.2, 0.25) is 0 Å². The Morgan fingerprint density at radius 3 is 2.48 bits per heavy atom. The molecule has 1 aliphatic heterocycles. The van der Waals surface area contributed by atoms with Gasteiger partial charge in [-0.1, -0.05) is 29.8 Å². The van der Waals surface area contributed by atoms with Crippen LogP contribution in [0.1, 0.15) is 21.7 Å². The van der Waals surface area contributed by atoms with Crippen LogP contribution in [0.25, 0.3) is 11.0 Å². The number of carbonyl (C=O) groups is 1. The van der Waals surface area contributed by atoms with Crippen molar-refractivity contribution in [3.8, 4) is 11.5 Å². The lowest BCUT2D eigenvalue weighted by Gasteiger charge is -1.98. The molecule has 1 aliphatic rings. The van der Waals surface area contributed by atoms with Crippen LogP contribution in [0.4, 0.5) is 0 Å². The highest BCUT2D eigenvalue weighted by molar-refractivity contribution is 6.09. The van der Waals surface area contributed by atoms with Crippen molar-refractivity contribution in [3.63, 3.8) is 0 Å². The van der Waals surface area contributed by atoms with E-state index in [2.05, 4.69) is 0 Å². The number of hydrogen-bond acceptors (Lipinski definition) is 4. The SMILES string of the molecule is Cc1ccc(C(=O)c2cc3cc4c(cc3o2)OCO4)cc1. The predicted molar refractivity (Wildman–Crippen MR) is 76.9 cm³/mol. The van der Waals surface area contributed by atoms with Gasteiger partial charge in [0.1, 0.15) is 5.58 Å². The lowest BCUT2D eigenvalue weighted by Crippen LogP contribution is -1.98. The van der Waals surface area contributed by atoms with Crippen LogP contribution in [0.15, 0.2) is 46.9 Å². The summed E-state index contributed by atoms with van der Waals surface area (Å²) in [7, 11) is 0. The van der Waals surface area contributed by atoms with Gasteiger partial charge in [-0.3, -0.25) is 4.79 Å². The summed E-state index contributed by atoms with van der Waals surface area (Å²) in [6.45, 7) is 2.20. The van der Waals surface area contributed by atoms with Gasteiger partial charge < -0.3 is 13.9 Å². The van der Waals surface area contributed by atoms with Crippen molar-refractivity contribution in [2.24, 2.45) is 0 Å². The molecule has 4 heteroatoms. The molecule has 1 aromatic heterocycles. The summed E-state index contributed by atoms with van der Waals surface area (Å²) in [6, 6.07) is 12.7. The fourth-order valence-electron chi connectivity index (χ4n) is 2.39. The summed E-state index contributed by atoms with van der Waals surface area (Å²) in [5.74, 6) is 1.51. The van der Waals surface area contributed by atoms with Crippen molar-refractivity contribution in [2.45, 2.75) is 6.92 Å². The molecule has 0 aliphatic carbocycles. The number of ketones is 1. The summed E-state index contributed by atoms with van der Waals surface area (Å²) in [6.07, 6.45) is 0. The van der Waals surface area contributed by atoms with Crippen molar-refractivity contribution in [1.29, 1.82) is 0 Å². The van der Waals surface area contributed by atoms with Crippen molar-refractivity contribution in [1.82, 2.24) is 0 Å². The summed E-state index contributed by atoms with van der Waals surface area (Å²) in [4.78, 5) is 12.4. The van der Waals surface area contributed by atoms with E-state index in [-0.39, 0.29) is 12.6 Å². The molecule has 0 radical (unpaired) electrons. The maximum Gasteiger partial charge on any atom is 0.231 e. The molecule has 4 rings (SSSR count). The lowest BCUT2D eigenvalue weighted by molar-refractivity contribution is 0.101. The van der Waals surface area contributed by atoms with E-state index in [1.54, 1.807) is 24.3 Å². The molecule has 0 N–H and O–H groups in total. The first-order valence-corrected chi connectivity index (χ1v) is 6.65. The van der Waals surface area contributed by atoms with E-state index >= 15 is 0 Å². The van der Waals surface area contributed by atoms with Gasteiger partial charge >= 0.3 is 0 Å². The fourth-order valence-corrected chi connectivity index (χ4v) is 2.39. The molecule has 0 fully saturated rings. The van der Waals surface area contributed by atoms with E-state index in [0.29, 0.717) is 28.4 Å². The standard InChI is InChI=1S/C17H12O4/c1-10-2-4-11(5-3-10)17(18)16-7-12-6-14-15(20-9-19-14)8-13(12)21-16/h2-8H,9H2,1H3. The average Bonchev–Trinajstić information content (AvgIpc) is 3.10. The Balaban J connectivity index is 1.76. The Labute approximate surface area is 120 Å². The van der Waals surface area contributed by atoms with Gasteiger partial charge in [-0.25, -0.2) is 0 Å². The first kappa shape index (κ1) is 12.0. The van der Waals surface area contributed by atoms with Crippen LogP contribution >= 0.6 is 0 Å². The second-order valence-corrected chi connectivity index (χ2v) is 5.05. The Morgan fingerprint density at radius 2 is 1.71 bits per heavy atom. The first-order valence-electron chi connectivity index (χ1n) is 6.65. The quantitative estimate of drug-likeness (QED) is 0.671. The number of hydrogen-bond donors (Lipinski definition) is 0. The van der Waals surface area contributed by atoms with Crippen LogP contribution in [-0.2, 0) is 0 Å². The zero-order valence-electron chi connectivity index (χ0n) is 11.4. The lowest BCUT2D eigenvalue weighted by atomic mass is 10.1. The highest BCUT2D eigenvalue weighted by atomic mass is 16.7. The smallest absolute Gasteiger partial charge is 0.231 e. The van der Waals surface area contributed by atoms with Crippen LogP contribution in [0, 0.1) is 6.92 Å². The predicted octanol–water partition coefficient (Wildman–Crippen LogP) is 3.70. The Kier molecular flexibility index (Phi) is 2.51. The van der Waals surface area contributed by atoms with E-state index in [1.165, 1.54) is 0 Å². The minimum absolute atomic E-state index is 0.131. The number of aryl methyl sites for hydroxylation is 1. The molecule has 0 spiro atoms. The van der Waals surface area contributed by atoms with Gasteiger partial charge in [0.05, 0.1) is 0 Å². The Morgan fingerprint density at radius 1 is 1.00 bits per heavy atom. The molecule has 21 heavy (non-hydrogen) atoms. The molecular formula is C17H12O4. The molecule has 0 amide bonds. The molecule has 2 heterocycles. The second-order valence-electron chi connectivity index (χ2n) is 5.05. The summed E-state index contributed by atoms with van der Waals surface area (Å²) >= 11 is 0. The molecular weight excluding hydrogens is 268 g/mol. The summed E-state index contributed by atoms with van der Waals surface area (Å²) in [5, 5.41) is 0.828. The molecule has 4 nitrogen and oxygen atoms in total. The molecule has 0 saturated heterocycles. The third-order valence-electron chi connectivity index (χ3n) is 3.55. The maximum absolute atomic E-state index is 12.4. The van der Waals surface area contributed by atoms with Crippen molar-refractivity contribution < 1.29 is 18.7 Å². The van der Waals surface area contributed by atoms with Gasteiger partial charge in [0, 0.05) is 17.0 Å². The highest BCUT2D eigenvalue weighted by Crippen LogP contribution is 2.37. The molecule has 104 valence electrons. The van der Waals surface area contributed by atoms with Crippen molar-refractivity contribution in [2.75, 3.05) is 6.79 Å². The zero-order chi connectivity index (χ0) is 14.4. The van der Waals surface area contributed by atoms with E-state index in [9.17, 15) is 4.79 Å². The molecule has 0 saturated carbocycles. The highest BCUT2D eigenvalue weighted by Gasteiger charge is 2.19. The van der Waals surface area contributed by atoms with E-state index in [0.717, 1.165) is 10.9 Å². The minimum atomic E-state index is -0.131. The topological polar surface area (TPSA) is 48.7 Å². The average molecular weight is 280 g/mol. The van der Waals surface area contributed by atoms with Crippen LogP contribution in [0.5, 0.6) is 11.5 Å².